The van der Waals surface area contributed by atoms with Gasteiger partial charge < -0.3 is 15.0 Å². The third-order valence-corrected chi connectivity index (χ3v) is 5.42. The number of carbonyl (C=O) groups excluding carboxylic acids is 1. The Morgan fingerprint density at radius 2 is 2.03 bits per heavy atom. The number of nitrogens with zero attached hydrogens (tertiary/aromatic N) is 5. The van der Waals surface area contributed by atoms with Crippen molar-refractivity contribution in [2.24, 2.45) is 0 Å². The highest BCUT2D eigenvalue weighted by Gasteiger charge is 2.25. The Bertz CT molecular complexity index is 1070. The molecule has 2 aromatic heterocycles. The summed E-state index contributed by atoms with van der Waals surface area (Å²) in [7, 11) is 0. The summed E-state index contributed by atoms with van der Waals surface area (Å²) in [5.74, 6) is 2.59. The molecule has 1 amide bonds. The van der Waals surface area contributed by atoms with E-state index in [0.717, 1.165) is 52.9 Å². The van der Waals surface area contributed by atoms with Crippen molar-refractivity contribution in [3.8, 4) is 17.0 Å². The number of aromatic nitrogens is 4. The minimum atomic E-state index is 0.0366. The van der Waals surface area contributed by atoms with Gasteiger partial charge in [0.2, 0.25) is 5.91 Å². The second kappa shape index (κ2) is 9.07. The maximum atomic E-state index is 12.0. The topological polar surface area (TPSA) is 93.1 Å². The summed E-state index contributed by atoms with van der Waals surface area (Å²) in [5.41, 5.74) is 3.61. The smallest absolute Gasteiger partial charge is 0.224 e. The van der Waals surface area contributed by atoms with Crippen molar-refractivity contribution in [3.05, 3.63) is 54.4 Å². The molecular formula is C23H26N6O2. The lowest BCUT2D eigenvalue weighted by Crippen LogP contribution is -2.36. The van der Waals surface area contributed by atoms with Gasteiger partial charge in [-0.2, -0.15) is 0 Å². The highest BCUT2D eigenvalue weighted by molar-refractivity contribution is 5.94. The molecule has 0 radical (unpaired) electrons. The van der Waals surface area contributed by atoms with Gasteiger partial charge in [-0.25, -0.2) is 19.9 Å². The Morgan fingerprint density at radius 3 is 2.81 bits per heavy atom. The maximum absolute atomic E-state index is 12.0. The molecule has 0 spiro atoms. The average molecular weight is 419 g/mol. The first-order valence-electron chi connectivity index (χ1n) is 10.4. The summed E-state index contributed by atoms with van der Waals surface area (Å²) in [6, 6.07) is 7.91. The van der Waals surface area contributed by atoms with Gasteiger partial charge in [-0.1, -0.05) is 19.1 Å². The summed E-state index contributed by atoms with van der Waals surface area (Å²) in [6.07, 6.45) is 5.95. The first-order valence-corrected chi connectivity index (χ1v) is 10.4. The van der Waals surface area contributed by atoms with E-state index in [-0.39, 0.29) is 11.8 Å². The molecule has 31 heavy (non-hydrogen) atoms. The van der Waals surface area contributed by atoms with E-state index >= 15 is 0 Å². The van der Waals surface area contributed by atoms with E-state index in [2.05, 4.69) is 38.2 Å². The first-order chi connectivity index (χ1) is 15.0. The van der Waals surface area contributed by atoms with Gasteiger partial charge in [0.05, 0.1) is 17.9 Å². The molecule has 1 atom stereocenters. The molecule has 160 valence electrons. The normalized spacial score (nSPS) is 13.8. The molecule has 0 saturated heterocycles. The quantitative estimate of drug-likeness (QED) is 0.654. The summed E-state index contributed by atoms with van der Waals surface area (Å²) in [4.78, 5) is 30.8. The number of amides is 1. The van der Waals surface area contributed by atoms with Crippen LogP contribution in [-0.4, -0.2) is 45.5 Å². The lowest BCUT2D eigenvalue weighted by atomic mass is 9.95. The van der Waals surface area contributed by atoms with Gasteiger partial charge in [-0.15, -0.1) is 0 Å². The molecule has 4 rings (SSSR count). The second-order valence-corrected chi connectivity index (χ2v) is 7.64. The van der Waals surface area contributed by atoms with Crippen LogP contribution >= 0.6 is 0 Å². The average Bonchev–Trinajstić information content (AvgIpc) is 2.78. The van der Waals surface area contributed by atoms with Crippen LogP contribution in [0, 0.1) is 6.92 Å². The van der Waals surface area contributed by atoms with Crippen LogP contribution in [0.25, 0.3) is 11.3 Å². The van der Waals surface area contributed by atoms with Gasteiger partial charge in [0, 0.05) is 37.5 Å². The Labute approximate surface area is 181 Å². The number of rotatable bonds is 6. The Morgan fingerprint density at radius 1 is 1.23 bits per heavy atom. The lowest BCUT2D eigenvalue weighted by Gasteiger charge is -2.31. The van der Waals surface area contributed by atoms with Crippen molar-refractivity contribution >= 4 is 17.4 Å². The Hall–Kier alpha value is -3.55. The molecular weight excluding hydrogens is 392 g/mol. The van der Waals surface area contributed by atoms with Gasteiger partial charge in [0.15, 0.2) is 0 Å². The molecule has 1 aromatic carbocycles. The van der Waals surface area contributed by atoms with Crippen molar-refractivity contribution in [1.82, 2.24) is 19.9 Å². The molecule has 1 aliphatic heterocycles. The van der Waals surface area contributed by atoms with Gasteiger partial charge in [-0.05, 0) is 30.9 Å². The first kappa shape index (κ1) is 20.7. The monoisotopic (exact) mass is 418 g/mol. The van der Waals surface area contributed by atoms with E-state index in [1.165, 1.54) is 0 Å². The number of hydrogen-bond donors (Lipinski definition) is 1. The van der Waals surface area contributed by atoms with Crippen molar-refractivity contribution in [2.45, 2.75) is 33.1 Å². The van der Waals surface area contributed by atoms with Gasteiger partial charge in [0.25, 0.3) is 0 Å². The molecule has 0 bridgehead atoms. The van der Waals surface area contributed by atoms with E-state index in [1.807, 2.05) is 25.1 Å². The highest BCUT2D eigenvalue weighted by Crippen LogP contribution is 2.39. The number of benzene rings is 1. The van der Waals surface area contributed by atoms with Crippen LogP contribution in [0.1, 0.15) is 37.6 Å². The number of anilines is 2. The number of carbonyl (C=O) groups is 1. The molecule has 3 heterocycles. The zero-order chi connectivity index (χ0) is 21.8. The minimum absolute atomic E-state index is 0.0366. The standard InChI is InChI=1S/C23H26N6O2/c1-15(19-5-4-6-21-23(19)31-10-9-29(21)17(3)30)7-8-24-22-11-20(27-14-28-22)18-12-25-16(2)26-13-18/h4-6,11-15H,7-10H2,1-3H3,(H,24,27,28). The number of nitrogens with one attached hydrogen (secondary N) is 1. The zero-order valence-corrected chi connectivity index (χ0v) is 18.0. The fourth-order valence-electron chi connectivity index (χ4n) is 3.70. The number of aryl methyl sites for hydroxylation is 1. The number of hydrogen-bond acceptors (Lipinski definition) is 7. The van der Waals surface area contributed by atoms with Crippen LogP contribution in [-0.2, 0) is 4.79 Å². The number of fused-ring (bicyclic) bond motifs is 1. The largest absolute Gasteiger partial charge is 0.489 e. The number of para-hydroxylation sites is 1. The van der Waals surface area contributed by atoms with Crippen LogP contribution in [0.15, 0.2) is 43.0 Å². The van der Waals surface area contributed by atoms with Crippen molar-refractivity contribution < 1.29 is 9.53 Å². The lowest BCUT2D eigenvalue weighted by molar-refractivity contribution is -0.116. The summed E-state index contributed by atoms with van der Waals surface area (Å²) in [5, 5.41) is 3.38. The van der Waals surface area contributed by atoms with Crippen LogP contribution < -0.4 is 15.0 Å². The molecule has 1 unspecified atom stereocenters. The fourth-order valence-corrected chi connectivity index (χ4v) is 3.70. The van der Waals surface area contributed by atoms with Crippen molar-refractivity contribution in [2.75, 3.05) is 29.9 Å². The predicted octanol–water partition coefficient (Wildman–Crippen LogP) is 3.59. The summed E-state index contributed by atoms with van der Waals surface area (Å²) >= 11 is 0. The second-order valence-electron chi connectivity index (χ2n) is 7.64. The number of ether oxygens (including phenoxy) is 1. The molecule has 1 aliphatic rings. The molecule has 0 aliphatic carbocycles. The fraction of sp³-hybridized carbons (Fsp3) is 0.348. The van der Waals surface area contributed by atoms with Crippen LogP contribution in [0.5, 0.6) is 5.75 Å². The van der Waals surface area contributed by atoms with E-state index in [0.29, 0.717) is 13.2 Å². The van der Waals surface area contributed by atoms with E-state index in [9.17, 15) is 4.79 Å². The van der Waals surface area contributed by atoms with Gasteiger partial charge in [-0.3, -0.25) is 4.79 Å². The predicted molar refractivity (Wildman–Crippen MR) is 119 cm³/mol. The Balaban J connectivity index is 1.42. The molecule has 8 heteroatoms. The highest BCUT2D eigenvalue weighted by atomic mass is 16.5. The maximum Gasteiger partial charge on any atom is 0.224 e. The van der Waals surface area contributed by atoms with Crippen molar-refractivity contribution in [1.29, 1.82) is 0 Å². The molecule has 0 saturated carbocycles. The summed E-state index contributed by atoms with van der Waals surface area (Å²) in [6.45, 7) is 7.45. The summed E-state index contributed by atoms with van der Waals surface area (Å²) < 4.78 is 5.95. The van der Waals surface area contributed by atoms with Gasteiger partial charge >= 0.3 is 0 Å². The van der Waals surface area contributed by atoms with E-state index < -0.39 is 0 Å². The van der Waals surface area contributed by atoms with Gasteiger partial charge in [0.1, 0.15) is 30.3 Å². The third kappa shape index (κ3) is 4.63. The van der Waals surface area contributed by atoms with E-state index in [1.54, 1.807) is 30.5 Å². The van der Waals surface area contributed by atoms with E-state index in [4.69, 9.17) is 4.74 Å². The molecule has 3 aromatic rings. The molecule has 0 fully saturated rings. The van der Waals surface area contributed by atoms with Crippen LogP contribution in [0.3, 0.4) is 0 Å². The van der Waals surface area contributed by atoms with Crippen molar-refractivity contribution in [3.63, 3.8) is 0 Å². The SMILES string of the molecule is CC(=O)N1CCOc2c(C(C)CCNc3cc(-c4cnc(C)nc4)ncn3)cccc21. The molecule has 8 nitrogen and oxygen atoms in total. The Kier molecular flexibility index (Phi) is 6.06. The molecule has 1 N–H and O–H groups in total. The zero-order valence-electron chi connectivity index (χ0n) is 18.0. The minimum Gasteiger partial charge on any atom is -0.489 e. The third-order valence-electron chi connectivity index (χ3n) is 5.42. The van der Waals surface area contributed by atoms with Crippen LogP contribution in [0.4, 0.5) is 11.5 Å². The van der Waals surface area contributed by atoms with Crippen LogP contribution in [0.2, 0.25) is 0 Å².